The molecule has 3 rings (SSSR count). The predicted octanol–water partition coefficient (Wildman–Crippen LogP) is 3.38. The van der Waals surface area contributed by atoms with Crippen molar-refractivity contribution in [2.75, 3.05) is 19.0 Å². The van der Waals surface area contributed by atoms with Gasteiger partial charge in [0.1, 0.15) is 6.10 Å². The maximum atomic E-state index is 10.5. The van der Waals surface area contributed by atoms with Crippen LogP contribution < -0.4 is 4.90 Å². The number of rotatable bonds is 3. The molecule has 0 fully saturated rings. The molecule has 0 bridgehead atoms. The van der Waals surface area contributed by atoms with E-state index in [1.165, 1.54) is 0 Å². The lowest BCUT2D eigenvalue weighted by molar-refractivity contribution is 0.220. The molecular formula is C18H18N2O. The van der Waals surface area contributed by atoms with Gasteiger partial charge in [0.2, 0.25) is 0 Å². The van der Waals surface area contributed by atoms with Crippen LogP contribution in [0.4, 0.5) is 5.69 Å². The summed E-state index contributed by atoms with van der Waals surface area (Å²) in [6.45, 7) is 0. The molecule has 21 heavy (non-hydrogen) atoms. The average Bonchev–Trinajstić information content (AvgIpc) is 2.54. The third kappa shape index (κ3) is 2.73. The van der Waals surface area contributed by atoms with Gasteiger partial charge in [-0.05, 0) is 29.8 Å². The Bertz CT molecular complexity index is 751. The normalized spacial score (nSPS) is 12.3. The SMILES string of the molecule is CN(C)c1ccc(C(O)c2cnc3ccccc3c2)cc1. The number of fused-ring (bicyclic) bond motifs is 1. The number of benzene rings is 2. The van der Waals surface area contributed by atoms with E-state index in [0.717, 1.165) is 27.7 Å². The Balaban J connectivity index is 1.93. The van der Waals surface area contributed by atoms with Crippen molar-refractivity contribution in [2.24, 2.45) is 0 Å². The minimum Gasteiger partial charge on any atom is -0.384 e. The van der Waals surface area contributed by atoms with Crippen molar-refractivity contribution < 1.29 is 5.11 Å². The second kappa shape index (κ2) is 5.54. The highest BCUT2D eigenvalue weighted by Gasteiger charge is 2.11. The van der Waals surface area contributed by atoms with E-state index in [-0.39, 0.29) is 0 Å². The molecule has 3 aromatic rings. The van der Waals surface area contributed by atoms with E-state index in [2.05, 4.69) is 4.98 Å². The zero-order chi connectivity index (χ0) is 14.8. The summed E-state index contributed by atoms with van der Waals surface area (Å²) in [4.78, 5) is 6.44. The monoisotopic (exact) mass is 278 g/mol. The average molecular weight is 278 g/mol. The molecule has 1 heterocycles. The Labute approximate surface area is 124 Å². The standard InChI is InChI=1S/C18H18N2O/c1-20(2)16-9-7-13(8-10-16)18(21)15-11-14-5-3-4-6-17(14)19-12-15/h3-12,18,21H,1-2H3. The van der Waals surface area contributed by atoms with E-state index in [0.29, 0.717) is 0 Å². The van der Waals surface area contributed by atoms with Gasteiger partial charge < -0.3 is 10.0 Å². The van der Waals surface area contributed by atoms with E-state index in [4.69, 9.17) is 0 Å². The van der Waals surface area contributed by atoms with Crippen LogP contribution >= 0.6 is 0 Å². The van der Waals surface area contributed by atoms with Crippen LogP contribution in [0.1, 0.15) is 17.2 Å². The number of para-hydroxylation sites is 1. The Morgan fingerprint density at radius 2 is 1.67 bits per heavy atom. The molecule has 0 aliphatic carbocycles. The quantitative estimate of drug-likeness (QED) is 0.798. The van der Waals surface area contributed by atoms with Crippen LogP contribution in [-0.4, -0.2) is 24.2 Å². The number of hydrogen-bond donors (Lipinski definition) is 1. The third-order valence-corrected chi connectivity index (χ3v) is 3.65. The van der Waals surface area contributed by atoms with E-state index in [9.17, 15) is 5.11 Å². The number of aliphatic hydroxyl groups excluding tert-OH is 1. The Morgan fingerprint density at radius 1 is 0.952 bits per heavy atom. The van der Waals surface area contributed by atoms with E-state index < -0.39 is 6.10 Å². The number of hydrogen-bond acceptors (Lipinski definition) is 3. The lowest BCUT2D eigenvalue weighted by Gasteiger charge is -2.15. The number of pyridine rings is 1. The lowest BCUT2D eigenvalue weighted by Crippen LogP contribution is -2.08. The van der Waals surface area contributed by atoms with Gasteiger partial charge in [0, 0.05) is 36.9 Å². The minimum absolute atomic E-state index is 0.654. The van der Waals surface area contributed by atoms with E-state index >= 15 is 0 Å². The van der Waals surface area contributed by atoms with Crippen LogP contribution in [0.25, 0.3) is 10.9 Å². The van der Waals surface area contributed by atoms with Gasteiger partial charge >= 0.3 is 0 Å². The molecule has 3 nitrogen and oxygen atoms in total. The number of nitrogens with zero attached hydrogens (tertiary/aromatic N) is 2. The van der Waals surface area contributed by atoms with E-state index in [1.54, 1.807) is 6.20 Å². The first-order valence-electron chi connectivity index (χ1n) is 6.95. The van der Waals surface area contributed by atoms with Crippen LogP contribution in [0, 0.1) is 0 Å². The van der Waals surface area contributed by atoms with E-state index in [1.807, 2.05) is 73.6 Å². The van der Waals surface area contributed by atoms with Gasteiger partial charge in [0.25, 0.3) is 0 Å². The van der Waals surface area contributed by atoms with Crippen molar-refractivity contribution in [3.63, 3.8) is 0 Å². The highest BCUT2D eigenvalue weighted by Crippen LogP contribution is 2.25. The molecule has 0 aliphatic heterocycles. The van der Waals surface area contributed by atoms with Gasteiger partial charge in [-0.2, -0.15) is 0 Å². The lowest BCUT2D eigenvalue weighted by atomic mass is 10.0. The second-order valence-electron chi connectivity index (χ2n) is 5.35. The molecule has 1 atom stereocenters. The molecule has 0 saturated carbocycles. The molecule has 0 spiro atoms. The van der Waals surface area contributed by atoms with Crippen LogP contribution in [0.2, 0.25) is 0 Å². The molecule has 1 N–H and O–H groups in total. The van der Waals surface area contributed by atoms with Crippen LogP contribution in [0.15, 0.2) is 60.8 Å². The zero-order valence-electron chi connectivity index (χ0n) is 12.2. The fourth-order valence-electron chi connectivity index (χ4n) is 2.38. The van der Waals surface area contributed by atoms with Crippen molar-refractivity contribution in [2.45, 2.75) is 6.10 Å². The molecule has 106 valence electrons. The molecular weight excluding hydrogens is 260 g/mol. The number of aliphatic hydroxyl groups is 1. The highest BCUT2D eigenvalue weighted by atomic mass is 16.3. The van der Waals surface area contributed by atoms with Gasteiger partial charge in [-0.1, -0.05) is 30.3 Å². The summed E-state index contributed by atoms with van der Waals surface area (Å²) in [6, 6.07) is 17.8. The molecule has 0 aliphatic rings. The molecule has 0 radical (unpaired) electrons. The second-order valence-corrected chi connectivity index (χ2v) is 5.35. The summed E-state index contributed by atoms with van der Waals surface area (Å²) >= 11 is 0. The smallest absolute Gasteiger partial charge is 0.106 e. The van der Waals surface area contributed by atoms with Crippen LogP contribution in [0.3, 0.4) is 0 Å². The van der Waals surface area contributed by atoms with Gasteiger partial charge in [0.15, 0.2) is 0 Å². The first-order chi connectivity index (χ1) is 10.1. The fraction of sp³-hybridized carbons (Fsp3) is 0.167. The summed E-state index contributed by atoms with van der Waals surface area (Å²) in [5.74, 6) is 0. The summed E-state index contributed by atoms with van der Waals surface area (Å²) in [5, 5.41) is 11.6. The van der Waals surface area contributed by atoms with Crippen molar-refractivity contribution in [1.29, 1.82) is 0 Å². The first-order valence-corrected chi connectivity index (χ1v) is 6.95. The summed E-state index contributed by atoms with van der Waals surface area (Å²) in [6.07, 6.45) is 1.09. The van der Waals surface area contributed by atoms with Crippen LogP contribution in [-0.2, 0) is 0 Å². The van der Waals surface area contributed by atoms with Crippen molar-refractivity contribution >= 4 is 16.6 Å². The fourth-order valence-corrected chi connectivity index (χ4v) is 2.38. The summed E-state index contributed by atoms with van der Waals surface area (Å²) in [5.41, 5.74) is 3.74. The molecule has 1 aromatic heterocycles. The van der Waals surface area contributed by atoms with Gasteiger partial charge in [0.05, 0.1) is 5.52 Å². The maximum absolute atomic E-state index is 10.5. The number of anilines is 1. The molecule has 2 aromatic carbocycles. The summed E-state index contributed by atoms with van der Waals surface area (Å²) in [7, 11) is 4.00. The predicted molar refractivity (Wildman–Crippen MR) is 86.6 cm³/mol. The third-order valence-electron chi connectivity index (χ3n) is 3.65. The zero-order valence-corrected chi connectivity index (χ0v) is 12.2. The highest BCUT2D eigenvalue weighted by molar-refractivity contribution is 5.78. The molecule has 1 unspecified atom stereocenters. The first kappa shape index (κ1) is 13.6. The van der Waals surface area contributed by atoms with Crippen molar-refractivity contribution in [3.05, 3.63) is 71.9 Å². The largest absolute Gasteiger partial charge is 0.384 e. The van der Waals surface area contributed by atoms with Gasteiger partial charge in [-0.3, -0.25) is 4.98 Å². The Kier molecular flexibility index (Phi) is 3.59. The van der Waals surface area contributed by atoms with Gasteiger partial charge in [-0.25, -0.2) is 0 Å². The Hall–Kier alpha value is -2.39. The molecule has 0 amide bonds. The topological polar surface area (TPSA) is 36.4 Å². The Morgan fingerprint density at radius 3 is 2.38 bits per heavy atom. The van der Waals surface area contributed by atoms with Crippen molar-refractivity contribution in [3.8, 4) is 0 Å². The maximum Gasteiger partial charge on any atom is 0.106 e. The van der Waals surface area contributed by atoms with Gasteiger partial charge in [-0.15, -0.1) is 0 Å². The van der Waals surface area contributed by atoms with Crippen molar-refractivity contribution in [1.82, 2.24) is 4.98 Å². The molecule has 0 saturated heterocycles. The number of aromatic nitrogens is 1. The molecule has 3 heteroatoms. The minimum atomic E-state index is -0.654. The van der Waals surface area contributed by atoms with Crippen LogP contribution in [0.5, 0.6) is 0 Å². The summed E-state index contributed by atoms with van der Waals surface area (Å²) < 4.78 is 0.